The Hall–Kier alpha value is -1.36. The molecule has 1 aromatic carbocycles. The van der Waals surface area contributed by atoms with Crippen LogP contribution in [0.3, 0.4) is 0 Å². The van der Waals surface area contributed by atoms with Crippen molar-refractivity contribution in [1.82, 2.24) is 5.43 Å². The second-order valence-electron chi connectivity index (χ2n) is 5.45. The molecule has 0 aliphatic heterocycles. The Kier molecular flexibility index (Phi) is 4.58. The van der Waals surface area contributed by atoms with Gasteiger partial charge in [0.1, 0.15) is 5.75 Å². The van der Waals surface area contributed by atoms with Crippen LogP contribution in [-0.4, -0.2) is 6.61 Å². The highest BCUT2D eigenvalue weighted by molar-refractivity contribution is 7.10. The Morgan fingerprint density at radius 3 is 3.14 bits per heavy atom. The molecular weight excluding hydrogens is 280 g/mol. The average Bonchev–Trinajstić information content (AvgIpc) is 2.98. The van der Waals surface area contributed by atoms with Crippen LogP contribution >= 0.6 is 11.3 Å². The molecule has 0 radical (unpaired) electrons. The third kappa shape index (κ3) is 2.98. The largest absolute Gasteiger partial charge is 0.494 e. The van der Waals surface area contributed by atoms with Crippen LogP contribution in [0, 0.1) is 0 Å². The summed E-state index contributed by atoms with van der Waals surface area (Å²) in [5.74, 6) is 7.26. The van der Waals surface area contributed by atoms with Gasteiger partial charge in [0.15, 0.2) is 0 Å². The van der Waals surface area contributed by atoms with Crippen molar-refractivity contribution in [2.45, 2.75) is 38.1 Å². The molecule has 1 aromatic heterocycles. The lowest BCUT2D eigenvalue weighted by molar-refractivity contribution is 0.338. The summed E-state index contributed by atoms with van der Waals surface area (Å²) >= 11 is 1.87. The molecule has 3 rings (SSSR count). The van der Waals surface area contributed by atoms with E-state index in [0.717, 1.165) is 5.75 Å². The number of fused-ring (bicyclic) bond motifs is 1. The van der Waals surface area contributed by atoms with Gasteiger partial charge in [0.25, 0.3) is 0 Å². The lowest BCUT2D eigenvalue weighted by Crippen LogP contribution is -2.33. The molecule has 0 saturated carbocycles. The van der Waals surface area contributed by atoms with Gasteiger partial charge >= 0.3 is 0 Å². The number of ether oxygens (including phenoxy) is 1. The fourth-order valence-corrected chi connectivity index (χ4v) is 4.27. The molecule has 3 N–H and O–H groups in total. The van der Waals surface area contributed by atoms with Crippen molar-refractivity contribution in [3.8, 4) is 5.75 Å². The Bertz CT molecular complexity index is 596. The second-order valence-corrected chi connectivity index (χ2v) is 6.45. The Morgan fingerprint density at radius 2 is 2.33 bits per heavy atom. The van der Waals surface area contributed by atoms with Gasteiger partial charge in [-0.25, -0.2) is 0 Å². The van der Waals surface area contributed by atoms with E-state index in [0.29, 0.717) is 12.5 Å². The second kappa shape index (κ2) is 6.60. The molecule has 0 spiro atoms. The fourth-order valence-electron chi connectivity index (χ4n) is 3.28. The van der Waals surface area contributed by atoms with Crippen LogP contribution in [0.2, 0.25) is 0 Å². The lowest BCUT2D eigenvalue weighted by Gasteiger charge is -2.30. The Labute approximate surface area is 130 Å². The molecule has 0 bridgehead atoms. The first-order chi connectivity index (χ1) is 10.3. The van der Waals surface area contributed by atoms with Crippen LogP contribution in [0.15, 0.2) is 35.7 Å². The topological polar surface area (TPSA) is 47.3 Å². The number of benzene rings is 1. The summed E-state index contributed by atoms with van der Waals surface area (Å²) in [4.78, 5) is 1.52. The van der Waals surface area contributed by atoms with Crippen LogP contribution in [0.5, 0.6) is 5.75 Å². The molecule has 2 atom stereocenters. The van der Waals surface area contributed by atoms with Gasteiger partial charge in [0.2, 0.25) is 0 Å². The van der Waals surface area contributed by atoms with Gasteiger partial charge in [-0.15, -0.1) is 11.3 Å². The Morgan fingerprint density at radius 1 is 1.43 bits per heavy atom. The standard InChI is InChI=1S/C17H22N2OS/c1-2-20-13-6-3-5-12(11-13)17(19-18)15-7-4-8-16-14(15)9-10-21-16/h3,5-6,9-11,15,17,19H,2,4,7-8,18H2,1H3. The molecule has 1 aliphatic rings. The minimum absolute atomic E-state index is 0.138. The molecule has 1 heterocycles. The van der Waals surface area contributed by atoms with E-state index in [2.05, 4.69) is 29.0 Å². The Balaban J connectivity index is 1.91. The number of aryl methyl sites for hydroxylation is 1. The maximum Gasteiger partial charge on any atom is 0.119 e. The lowest BCUT2D eigenvalue weighted by atomic mass is 9.80. The zero-order chi connectivity index (χ0) is 14.7. The highest BCUT2D eigenvalue weighted by atomic mass is 32.1. The van der Waals surface area contributed by atoms with E-state index in [4.69, 9.17) is 10.6 Å². The van der Waals surface area contributed by atoms with Gasteiger partial charge in [-0.05, 0) is 60.9 Å². The predicted octanol–water partition coefficient (Wildman–Crippen LogP) is 3.77. The molecule has 0 fully saturated rings. The molecule has 112 valence electrons. The number of rotatable bonds is 5. The van der Waals surface area contributed by atoms with Crippen LogP contribution in [0.1, 0.15) is 47.7 Å². The summed E-state index contributed by atoms with van der Waals surface area (Å²) in [5, 5.41) is 2.20. The van der Waals surface area contributed by atoms with Gasteiger partial charge in [-0.2, -0.15) is 0 Å². The zero-order valence-electron chi connectivity index (χ0n) is 12.3. The highest BCUT2D eigenvalue weighted by Crippen LogP contribution is 2.42. The van der Waals surface area contributed by atoms with Crippen molar-refractivity contribution in [1.29, 1.82) is 0 Å². The molecular formula is C17H22N2OS. The van der Waals surface area contributed by atoms with E-state index in [1.54, 1.807) is 0 Å². The summed E-state index contributed by atoms with van der Waals surface area (Å²) in [6.07, 6.45) is 3.62. The van der Waals surface area contributed by atoms with E-state index in [9.17, 15) is 0 Å². The third-order valence-corrected chi connectivity index (χ3v) is 5.20. The first-order valence-electron chi connectivity index (χ1n) is 7.58. The molecule has 1 aliphatic carbocycles. The number of nitrogens with one attached hydrogen (secondary N) is 1. The minimum Gasteiger partial charge on any atom is -0.494 e. The maximum atomic E-state index is 5.90. The molecule has 21 heavy (non-hydrogen) atoms. The summed E-state index contributed by atoms with van der Waals surface area (Å²) < 4.78 is 5.62. The first-order valence-corrected chi connectivity index (χ1v) is 8.46. The molecule has 3 nitrogen and oxygen atoms in total. The van der Waals surface area contributed by atoms with Crippen LogP contribution in [0.4, 0.5) is 0 Å². The van der Waals surface area contributed by atoms with Crippen molar-refractivity contribution >= 4 is 11.3 Å². The normalized spacial score (nSPS) is 19.0. The van der Waals surface area contributed by atoms with Gasteiger partial charge in [-0.3, -0.25) is 11.3 Å². The number of thiophene rings is 1. The number of hydrogen-bond acceptors (Lipinski definition) is 4. The monoisotopic (exact) mass is 302 g/mol. The number of hydrogen-bond donors (Lipinski definition) is 2. The predicted molar refractivity (Wildman–Crippen MR) is 87.7 cm³/mol. The number of hydrazine groups is 1. The van der Waals surface area contributed by atoms with Crippen molar-refractivity contribution in [2.24, 2.45) is 5.84 Å². The smallest absolute Gasteiger partial charge is 0.119 e. The van der Waals surface area contributed by atoms with Crippen molar-refractivity contribution in [2.75, 3.05) is 6.61 Å². The minimum atomic E-state index is 0.138. The molecule has 0 saturated heterocycles. The van der Waals surface area contributed by atoms with Crippen LogP contribution < -0.4 is 16.0 Å². The van der Waals surface area contributed by atoms with E-state index < -0.39 is 0 Å². The van der Waals surface area contributed by atoms with Crippen molar-refractivity contribution in [3.63, 3.8) is 0 Å². The van der Waals surface area contributed by atoms with Crippen LogP contribution in [0.25, 0.3) is 0 Å². The van der Waals surface area contributed by atoms with E-state index in [1.165, 1.54) is 35.3 Å². The zero-order valence-corrected chi connectivity index (χ0v) is 13.2. The highest BCUT2D eigenvalue weighted by Gasteiger charge is 2.29. The van der Waals surface area contributed by atoms with Gasteiger partial charge in [0.05, 0.1) is 12.6 Å². The van der Waals surface area contributed by atoms with Crippen LogP contribution in [-0.2, 0) is 6.42 Å². The van der Waals surface area contributed by atoms with E-state index in [1.807, 2.05) is 30.4 Å². The van der Waals surface area contributed by atoms with E-state index >= 15 is 0 Å². The summed E-state index contributed by atoms with van der Waals surface area (Å²) in [6.45, 7) is 2.69. The maximum absolute atomic E-state index is 5.90. The first kappa shape index (κ1) is 14.6. The number of nitrogens with two attached hydrogens (primary N) is 1. The molecule has 0 amide bonds. The summed E-state index contributed by atoms with van der Waals surface area (Å²) in [6, 6.07) is 10.7. The SMILES string of the molecule is CCOc1cccc(C(NN)C2CCCc3sccc32)c1. The molecule has 4 heteroatoms. The fraction of sp³-hybridized carbons (Fsp3) is 0.412. The molecule has 2 aromatic rings. The van der Waals surface area contributed by atoms with Crippen molar-refractivity contribution in [3.05, 3.63) is 51.7 Å². The van der Waals surface area contributed by atoms with Gasteiger partial charge < -0.3 is 4.74 Å². The quantitative estimate of drug-likeness (QED) is 0.653. The van der Waals surface area contributed by atoms with Gasteiger partial charge in [0, 0.05) is 10.8 Å². The van der Waals surface area contributed by atoms with Crippen molar-refractivity contribution < 1.29 is 4.74 Å². The van der Waals surface area contributed by atoms with E-state index in [-0.39, 0.29) is 6.04 Å². The average molecular weight is 302 g/mol. The summed E-state index contributed by atoms with van der Waals surface area (Å²) in [5.41, 5.74) is 5.71. The molecule has 2 unspecified atom stereocenters. The van der Waals surface area contributed by atoms with Gasteiger partial charge in [-0.1, -0.05) is 12.1 Å². The third-order valence-electron chi connectivity index (χ3n) is 4.21. The summed E-state index contributed by atoms with van der Waals surface area (Å²) in [7, 11) is 0.